The first-order valence-corrected chi connectivity index (χ1v) is 5.58. The first-order chi connectivity index (χ1) is 8.69. The SMILES string of the molecule is COC(=O)CC(NNC(=O)OC(C)(C)C)C(=O)OC. The van der Waals surface area contributed by atoms with Crippen LogP contribution in [0.15, 0.2) is 0 Å². The van der Waals surface area contributed by atoms with E-state index in [2.05, 4.69) is 20.3 Å². The summed E-state index contributed by atoms with van der Waals surface area (Å²) in [5.41, 5.74) is 3.85. The normalized spacial score (nSPS) is 12.3. The van der Waals surface area contributed by atoms with E-state index in [1.54, 1.807) is 20.8 Å². The van der Waals surface area contributed by atoms with Gasteiger partial charge in [0.1, 0.15) is 11.6 Å². The van der Waals surface area contributed by atoms with Crippen LogP contribution in [0.5, 0.6) is 0 Å². The quantitative estimate of drug-likeness (QED) is 0.417. The molecule has 19 heavy (non-hydrogen) atoms. The molecule has 0 radical (unpaired) electrons. The summed E-state index contributed by atoms with van der Waals surface area (Å²) in [6.45, 7) is 5.08. The second-order valence-corrected chi connectivity index (χ2v) is 4.63. The maximum atomic E-state index is 11.4. The van der Waals surface area contributed by atoms with Gasteiger partial charge in [-0.3, -0.25) is 15.0 Å². The van der Waals surface area contributed by atoms with Crippen LogP contribution in [0.2, 0.25) is 0 Å². The fourth-order valence-electron chi connectivity index (χ4n) is 1.04. The van der Waals surface area contributed by atoms with Crippen molar-refractivity contribution in [3.8, 4) is 0 Å². The molecule has 0 bridgehead atoms. The molecule has 8 heteroatoms. The van der Waals surface area contributed by atoms with Gasteiger partial charge in [0.2, 0.25) is 0 Å². The van der Waals surface area contributed by atoms with Crippen LogP contribution in [-0.4, -0.2) is 43.9 Å². The van der Waals surface area contributed by atoms with Gasteiger partial charge in [0.05, 0.1) is 20.6 Å². The Hall–Kier alpha value is -1.83. The van der Waals surface area contributed by atoms with Crippen LogP contribution in [0.4, 0.5) is 4.79 Å². The summed E-state index contributed by atoms with van der Waals surface area (Å²) in [5, 5.41) is 0. The predicted molar refractivity (Wildman–Crippen MR) is 64.9 cm³/mol. The summed E-state index contributed by atoms with van der Waals surface area (Å²) in [5.74, 6) is -1.32. The van der Waals surface area contributed by atoms with Gasteiger partial charge in [-0.1, -0.05) is 0 Å². The lowest BCUT2D eigenvalue weighted by Gasteiger charge is -2.21. The Morgan fingerprint density at radius 3 is 2.11 bits per heavy atom. The van der Waals surface area contributed by atoms with Crippen molar-refractivity contribution in [1.82, 2.24) is 10.9 Å². The Labute approximate surface area is 111 Å². The van der Waals surface area contributed by atoms with Crippen molar-refractivity contribution in [2.45, 2.75) is 38.8 Å². The number of esters is 2. The minimum atomic E-state index is -1.05. The van der Waals surface area contributed by atoms with Gasteiger partial charge in [-0.25, -0.2) is 10.2 Å². The molecule has 0 saturated heterocycles. The first kappa shape index (κ1) is 17.2. The Morgan fingerprint density at radius 2 is 1.68 bits per heavy atom. The van der Waals surface area contributed by atoms with E-state index in [4.69, 9.17) is 4.74 Å². The highest BCUT2D eigenvalue weighted by Crippen LogP contribution is 2.06. The van der Waals surface area contributed by atoms with Crippen molar-refractivity contribution in [2.24, 2.45) is 0 Å². The molecule has 1 atom stereocenters. The molecule has 0 aromatic rings. The van der Waals surface area contributed by atoms with Crippen LogP contribution >= 0.6 is 0 Å². The summed E-state index contributed by atoms with van der Waals surface area (Å²) in [6.07, 6.45) is -1.05. The monoisotopic (exact) mass is 276 g/mol. The summed E-state index contributed by atoms with van der Waals surface area (Å²) < 4.78 is 13.9. The van der Waals surface area contributed by atoms with Crippen molar-refractivity contribution in [3.63, 3.8) is 0 Å². The number of hydrazine groups is 1. The molecular weight excluding hydrogens is 256 g/mol. The number of carbonyl (C=O) groups is 3. The molecule has 0 aliphatic heterocycles. The smallest absolute Gasteiger partial charge is 0.422 e. The zero-order valence-corrected chi connectivity index (χ0v) is 11.7. The van der Waals surface area contributed by atoms with Crippen molar-refractivity contribution in [3.05, 3.63) is 0 Å². The second-order valence-electron chi connectivity index (χ2n) is 4.63. The summed E-state index contributed by atoms with van der Waals surface area (Å²) in [4.78, 5) is 33.8. The highest BCUT2D eigenvalue weighted by Gasteiger charge is 2.24. The number of methoxy groups -OCH3 is 2. The average Bonchev–Trinajstić information content (AvgIpc) is 2.30. The molecule has 0 spiro atoms. The van der Waals surface area contributed by atoms with Gasteiger partial charge in [-0.2, -0.15) is 0 Å². The highest BCUT2D eigenvalue weighted by molar-refractivity contribution is 5.82. The maximum Gasteiger partial charge on any atom is 0.422 e. The number of rotatable bonds is 5. The van der Waals surface area contributed by atoms with Gasteiger partial charge in [-0.15, -0.1) is 0 Å². The Bertz CT molecular complexity index is 337. The standard InChI is InChI=1S/C11H20N2O6/c1-11(2,3)19-10(16)13-12-7(9(15)18-5)6-8(14)17-4/h7,12H,6H2,1-5H3,(H,13,16). The predicted octanol–water partition coefficient (Wildman–Crippen LogP) is 0.120. The molecule has 0 saturated carbocycles. The minimum Gasteiger partial charge on any atom is -0.469 e. The largest absolute Gasteiger partial charge is 0.469 e. The number of nitrogens with one attached hydrogen (secondary N) is 2. The Morgan fingerprint density at radius 1 is 1.11 bits per heavy atom. The van der Waals surface area contributed by atoms with E-state index in [0.717, 1.165) is 0 Å². The third-order valence-electron chi connectivity index (χ3n) is 1.83. The van der Waals surface area contributed by atoms with Gasteiger partial charge in [0.15, 0.2) is 0 Å². The van der Waals surface area contributed by atoms with E-state index < -0.39 is 29.7 Å². The van der Waals surface area contributed by atoms with Gasteiger partial charge in [0, 0.05) is 0 Å². The van der Waals surface area contributed by atoms with Crippen LogP contribution in [0.25, 0.3) is 0 Å². The summed E-state index contributed by atoms with van der Waals surface area (Å²) >= 11 is 0. The molecule has 110 valence electrons. The lowest BCUT2D eigenvalue weighted by molar-refractivity contribution is -0.149. The third-order valence-corrected chi connectivity index (χ3v) is 1.83. The van der Waals surface area contributed by atoms with Crippen molar-refractivity contribution in [1.29, 1.82) is 0 Å². The van der Waals surface area contributed by atoms with Crippen LogP contribution in [0.3, 0.4) is 0 Å². The molecule has 0 heterocycles. The summed E-state index contributed by atoms with van der Waals surface area (Å²) in [6, 6.07) is -1.05. The first-order valence-electron chi connectivity index (χ1n) is 5.58. The topological polar surface area (TPSA) is 103 Å². The fraction of sp³-hybridized carbons (Fsp3) is 0.727. The molecular formula is C11H20N2O6. The van der Waals surface area contributed by atoms with Crippen molar-refractivity contribution < 1.29 is 28.6 Å². The Balaban J connectivity index is 4.38. The van der Waals surface area contributed by atoms with Gasteiger partial charge in [-0.05, 0) is 20.8 Å². The van der Waals surface area contributed by atoms with Gasteiger partial charge < -0.3 is 14.2 Å². The number of amides is 1. The number of carbonyl (C=O) groups excluding carboxylic acids is 3. The second kappa shape index (κ2) is 7.57. The molecule has 0 aromatic heterocycles. The zero-order valence-electron chi connectivity index (χ0n) is 11.7. The van der Waals surface area contributed by atoms with Crippen LogP contribution in [0, 0.1) is 0 Å². The molecule has 0 aliphatic carbocycles. The van der Waals surface area contributed by atoms with E-state index in [0.29, 0.717) is 0 Å². The molecule has 2 N–H and O–H groups in total. The Kier molecular flexibility index (Phi) is 6.84. The van der Waals surface area contributed by atoms with Crippen LogP contribution in [0.1, 0.15) is 27.2 Å². The van der Waals surface area contributed by atoms with E-state index in [9.17, 15) is 14.4 Å². The van der Waals surface area contributed by atoms with E-state index in [1.807, 2.05) is 0 Å². The van der Waals surface area contributed by atoms with Crippen molar-refractivity contribution >= 4 is 18.0 Å². The van der Waals surface area contributed by atoms with E-state index >= 15 is 0 Å². The molecule has 0 fully saturated rings. The molecule has 0 aliphatic rings. The summed E-state index contributed by atoms with van der Waals surface area (Å²) in [7, 11) is 2.36. The van der Waals surface area contributed by atoms with Gasteiger partial charge in [0.25, 0.3) is 0 Å². The van der Waals surface area contributed by atoms with Crippen molar-refractivity contribution in [2.75, 3.05) is 14.2 Å². The maximum absolute atomic E-state index is 11.4. The lowest BCUT2D eigenvalue weighted by atomic mass is 10.2. The average molecular weight is 276 g/mol. The number of ether oxygens (including phenoxy) is 3. The minimum absolute atomic E-state index is 0.279. The molecule has 0 aromatic carbocycles. The highest BCUT2D eigenvalue weighted by atomic mass is 16.6. The third kappa shape index (κ3) is 7.98. The number of hydrogen-bond acceptors (Lipinski definition) is 7. The molecule has 0 rings (SSSR count). The van der Waals surface area contributed by atoms with E-state index in [-0.39, 0.29) is 6.42 Å². The van der Waals surface area contributed by atoms with E-state index in [1.165, 1.54) is 14.2 Å². The molecule has 8 nitrogen and oxygen atoms in total. The zero-order chi connectivity index (χ0) is 15.1. The molecule has 1 unspecified atom stereocenters. The van der Waals surface area contributed by atoms with Crippen LogP contribution < -0.4 is 10.9 Å². The van der Waals surface area contributed by atoms with Crippen LogP contribution in [-0.2, 0) is 23.8 Å². The fourth-order valence-corrected chi connectivity index (χ4v) is 1.04. The number of hydrogen-bond donors (Lipinski definition) is 2. The molecule has 1 amide bonds. The van der Waals surface area contributed by atoms with Gasteiger partial charge >= 0.3 is 18.0 Å². The lowest BCUT2D eigenvalue weighted by Crippen LogP contribution is -2.50.